The predicted molar refractivity (Wildman–Crippen MR) is 86.9 cm³/mol. The fraction of sp³-hybridized carbons (Fsp3) is 0.389. The molecule has 0 amide bonds. The lowest BCUT2D eigenvalue weighted by molar-refractivity contribution is 0.209. The number of aliphatic hydroxyl groups is 1. The molecule has 0 spiro atoms. The van der Waals surface area contributed by atoms with Crippen LogP contribution >= 0.6 is 0 Å². The smallest absolute Gasteiger partial charge is 0.146 e. The Balaban J connectivity index is 2.22. The van der Waals surface area contributed by atoms with Crippen molar-refractivity contribution in [2.45, 2.75) is 33.4 Å². The number of benzene rings is 1. The van der Waals surface area contributed by atoms with Crippen LogP contribution < -0.4 is 5.32 Å². The molecule has 0 bridgehead atoms. The normalized spacial score (nSPS) is 12.6. The second-order valence-electron chi connectivity index (χ2n) is 5.85. The first-order valence-electron chi connectivity index (χ1n) is 7.58. The number of nitrogens with one attached hydrogen (secondary N) is 1. The molecule has 0 radical (unpaired) electrons. The number of rotatable bonds is 6. The Bertz CT molecular complexity index is 628. The predicted octanol–water partition coefficient (Wildman–Crippen LogP) is 3.30. The average Bonchev–Trinajstić information content (AvgIpc) is 2.50. The minimum atomic E-state index is -0.328. The van der Waals surface area contributed by atoms with Crippen molar-refractivity contribution in [3.8, 4) is 11.3 Å². The van der Waals surface area contributed by atoms with Crippen molar-refractivity contribution in [2.75, 3.05) is 6.61 Å². The third kappa shape index (κ3) is 3.90. The fourth-order valence-corrected chi connectivity index (χ4v) is 2.36. The Morgan fingerprint density at radius 2 is 1.91 bits per heavy atom. The highest BCUT2D eigenvalue weighted by molar-refractivity contribution is 5.63. The Hall–Kier alpha value is -1.78. The summed E-state index contributed by atoms with van der Waals surface area (Å²) in [6.07, 6.45) is 0. The highest BCUT2D eigenvalue weighted by Crippen LogP contribution is 2.22. The summed E-state index contributed by atoms with van der Waals surface area (Å²) >= 11 is 0. The second-order valence-corrected chi connectivity index (χ2v) is 5.85. The van der Waals surface area contributed by atoms with E-state index in [9.17, 15) is 9.50 Å². The molecule has 118 valence electrons. The largest absolute Gasteiger partial charge is 0.395 e. The van der Waals surface area contributed by atoms with Crippen LogP contribution in [0.25, 0.3) is 11.3 Å². The molecule has 2 aromatic rings. The van der Waals surface area contributed by atoms with Gasteiger partial charge in [0.05, 0.1) is 18.0 Å². The molecular weight excluding hydrogens is 279 g/mol. The zero-order valence-corrected chi connectivity index (χ0v) is 13.3. The molecule has 1 aromatic heterocycles. The van der Waals surface area contributed by atoms with E-state index in [0.717, 1.165) is 16.8 Å². The van der Waals surface area contributed by atoms with E-state index in [1.807, 2.05) is 45.0 Å². The van der Waals surface area contributed by atoms with E-state index in [1.165, 1.54) is 6.07 Å². The van der Waals surface area contributed by atoms with Gasteiger partial charge in [0.1, 0.15) is 5.82 Å². The lowest BCUT2D eigenvalue weighted by atomic mass is 10.0. The maximum absolute atomic E-state index is 14.0. The Kier molecular flexibility index (Phi) is 5.63. The molecule has 1 atom stereocenters. The van der Waals surface area contributed by atoms with Crippen LogP contribution in [0.1, 0.15) is 25.1 Å². The summed E-state index contributed by atoms with van der Waals surface area (Å²) in [6, 6.07) is 11.0. The van der Waals surface area contributed by atoms with Crippen LogP contribution in [0.3, 0.4) is 0 Å². The first-order chi connectivity index (χ1) is 10.5. The molecule has 0 aliphatic rings. The monoisotopic (exact) mass is 302 g/mol. The van der Waals surface area contributed by atoms with E-state index >= 15 is 0 Å². The topological polar surface area (TPSA) is 45.1 Å². The summed E-state index contributed by atoms with van der Waals surface area (Å²) < 4.78 is 14.0. The van der Waals surface area contributed by atoms with Gasteiger partial charge in [-0.25, -0.2) is 9.37 Å². The summed E-state index contributed by atoms with van der Waals surface area (Å²) in [6.45, 7) is 6.37. The lowest BCUT2D eigenvalue weighted by Gasteiger charge is -2.20. The molecule has 0 aliphatic heterocycles. The maximum atomic E-state index is 14.0. The first kappa shape index (κ1) is 16.6. The summed E-state index contributed by atoms with van der Waals surface area (Å²) in [7, 11) is 0. The van der Waals surface area contributed by atoms with Crippen molar-refractivity contribution in [3.63, 3.8) is 0 Å². The van der Waals surface area contributed by atoms with Gasteiger partial charge in [0.15, 0.2) is 0 Å². The van der Waals surface area contributed by atoms with Gasteiger partial charge in [0, 0.05) is 18.2 Å². The molecule has 0 saturated carbocycles. The quantitative estimate of drug-likeness (QED) is 0.860. The van der Waals surface area contributed by atoms with Crippen molar-refractivity contribution in [1.82, 2.24) is 10.3 Å². The standard InChI is InChI=1S/C18H23FN2O/c1-12(2)18(11-22)20-10-17-15(19)8-9-16(21-17)14-7-5-4-6-13(14)3/h4-9,12,18,20,22H,10-11H2,1-3H3/t18-/m0/s1. The zero-order valence-electron chi connectivity index (χ0n) is 13.3. The van der Waals surface area contributed by atoms with E-state index in [2.05, 4.69) is 10.3 Å². The van der Waals surface area contributed by atoms with Gasteiger partial charge >= 0.3 is 0 Å². The van der Waals surface area contributed by atoms with E-state index in [-0.39, 0.29) is 24.4 Å². The van der Waals surface area contributed by atoms with Crippen LogP contribution in [0.4, 0.5) is 4.39 Å². The van der Waals surface area contributed by atoms with Crippen molar-refractivity contribution < 1.29 is 9.50 Å². The molecule has 0 saturated heterocycles. The number of hydrogen-bond acceptors (Lipinski definition) is 3. The number of aromatic nitrogens is 1. The number of aliphatic hydroxyl groups excluding tert-OH is 1. The Morgan fingerprint density at radius 1 is 1.18 bits per heavy atom. The van der Waals surface area contributed by atoms with E-state index < -0.39 is 0 Å². The highest BCUT2D eigenvalue weighted by atomic mass is 19.1. The minimum absolute atomic E-state index is 0.0246. The number of aryl methyl sites for hydroxylation is 1. The van der Waals surface area contributed by atoms with Crippen molar-refractivity contribution in [3.05, 3.63) is 53.5 Å². The van der Waals surface area contributed by atoms with Gasteiger partial charge in [-0.2, -0.15) is 0 Å². The number of hydrogen-bond donors (Lipinski definition) is 2. The zero-order chi connectivity index (χ0) is 16.1. The van der Waals surface area contributed by atoms with Gasteiger partial charge in [-0.05, 0) is 30.5 Å². The summed E-state index contributed by atoms with van der Waals surface area (Å²) in [4.78, 5) is 4.45. The van der Waals surface area contributed by atoms with E-state index in [1.54, 1.807) is 6.07 Å². The van der Waals surface area contributed by atoms with Gasteiger partial charge in [-0.3, -0.25) is 0 Å². The van der Waals surface area contributed by atoms with Gasteiger partial charge in [0.2, 0.25) is 0 Å². The SMILES string of the molecule is Cc1ccccc1-c1ccc(F)c(CN[C@@H](CO)C(C)C)n1. The van der Waals surface area contributed by atoms with Crippen LogP contribution in [0, 0.1) is 18.7 Å². The molecular formula is C18H23FN2O. The number of pyridine rings is 1. The average molecular weight is 302 g/mol. The van der Waals surface area contributed by atoms with E-state index in [4.69, 9.17) is 0 Å². The molecule has 0 fully saturated rings. The van der Waals surface area contributed by atoms with Gasteiger partial charge in [-0.1, -0.05) is 38.1 Å². The second kappa shape index (κ2) is 7.47. The molecule has 1 heterocycles. The first-order valence-corrected chi connectivity index (χ1v) is 7.58. The van der Waals surface area contributed by atoms with Gasteiger partial charge in [-0.15, -0.1) is 0 Å². The van der Waals surface area contributed by atoms with Crippen molar-refractivity contribution >= 4 is 0 Å². The van der Waals surface area contributed by atoms with Crippen LogP contribution in [-0.4, -0.2) is 22.7 Å². The Labute approximate surface area is 131 Å². The van der Waals surface area contributed by atoms with Crippen LogP contribution in [0.2, 0.25) is 0 Å². The third-order valence-corrected chi connectivity index (χ3v) is 3.87. The molecule has 0 aliphatic carbocycles. The molecule has 4 heteroatoms. The molecule has 2 N–H and O–H groups in total. The van der Waals surface area contributed by atoms with Gasteiger partial charge < -0.3 is 10.4 Å². The molecule has 3 nitrogen and oxygen atoms in total. The summed E-state index contributed by atoms with van der Waals surface area (Å²) in [5, 5.41) is 12.5. The Morgan fingerprint density at radius 3 is 2.55 bits per heavy atom. The van der Waals surface area contributed by atoms with Crippen LogP contribution in [0.5, 0.6) is 0 Å². The lowest BCUT2D eigenvalue weighted by Crippen LogP contribution is -2.36. The highest BCUT2D eigenvalue weighted by Gasteiger charge is 2.14. The van der Waals surface area contributed by atoms with E-state index in [0.29, 0.717) is 12.2 Å². The molecule has 0 unspecified atom stereocenters. The minimum Gasteiger partial charge on any atom is -0.395 e. The van der Waals surface area contributed by atoms with Crippen LogP contribution in [-0.2, 0) is 6.54 Å². The fourth-order valence-electron chi connectivity index (χ4n) is 2.36. The molecule has 2 rings (SSSR count). The van der Waals surface area contributed by atoms with Crippen LogP contribution in [0.15, 0.2) is 36.4 Å². The summed E-state index contributed by atoms with van der Waals surface area (Å²) in [5.41, 5.74) is 3.25. The maximum Gasteiger partial charge on any atom is 0.146 e. The molecule has 22 heavy (non-hydrogen) atoms. The van der Waals surface area contributed by atoms with Crippen molar-refractivity contribution in [1.29, 1.82) is 0 Å². The molecule has 1 aromatic carbocycles. The number of nitrogens with zero attached hydrogens (tertiary/aromatic N) is 1. The number of halogens is 1. The van der Waals surface area contributed by atoms with Crippen molar-refractivity contribution in [2.24, 2.45) is 5.92 Å². The summed E-state index contributed by atoms with van der Waals surface area (Å²) in [5.74, 6) is -0.0575. The van der Waals surface area contributed by atoms with Gasteiger partial charge in [0.25, 0.3) is 0 Å². The third-order valence-electron chi connectivity index (χ3n) is 3.87.